The van der Waals surface area contributed by atoms with Crippen LogP contribution in [0.3, 0.4) is 0 Å². The molecule has 0 aromatic heterocycles. The molecule has 0 saturated carbocycles. The first-order valence-corrected chi connectivity index (χ1v) is 5.70. The molecule has 0 heterocycles. The van der Waals surface area contributed by atoms with Gasteiger partial charge < -0.3 is 9.84 Å². The van der Waals surface area contributed by atoms with Gasteiger partial charge in [-0.3, -0.25) is 20.8 Å². The van der Waals surface area contributed by atoms with Gasteiger partial charge in [0.25, 0.3) is 6.29 Å². The van der Waals surface area contributed by atoms with Crippen molar-refractivity contribution in [1.29, 1.82) is 0 Å². The molecule has 22 heavy (non-hydrogen) atoms. The molecule has 5 N–H and O–H groups in total. The topological polar surface area (TPSA) is 152 Å². The summed E-state index contributed by atoms with van der Waals surface area (Å²) >= 11 is 0. The van der Waals surface area contributed by atoms with E-state index in [1.807, 2.05) is 0 Å². The fourth-order valence-corrected chi connectivity index (χ4v) is 1.24. The molecule has 0 aliphatic heterocycles. The molecule has 122 valence electrons. The third kappa shape index (κ3) is 7.63. The fourth-order valence-electron chi connectivity index (χ4n) is 1.24. The number of phenols is 1. The molecule has 1 atom stereocenters. The van der Waals surface area contributed by atoms with Crippen molar-refractivity contribution in [3.05, 3.63) is 35.9 Å². The SMILES string of the molecule is O=C(/C=C/c1ccc(O)cc1)OC(CON(O)O)ON(O)O. The van der Waals surface area contributed by atoms with E-state index in [0.717, 1.165) is 6.08 Å². The largest absolute Gasteiger partial charge is 0.508 e. The van der Waals surface area contributed by atoms with Crippen LogP contribution >= 0.6 is 0 Å². The van der Waals surface area contributed by atoms with Crippen LogP contribution in [-0.2, 0) is 19.2 Å². The second-order valence-electron chi connectivity index (χ2n) is 3.70. The van der Waals surface area contributed by atoms with E-state index in [4.69, 9.17) is 25.9 Å². The van der Waals surface area contributed by atoms with Gasteiger partial charge in [0.15, 0.2) is 0 Å². The first-order chi connectivity index (χ1) is 10.4. The summed E-state index contributed by atoms with van der Waals surface area (Å²) in [5.74, 6) is -0.875. The van der Waals surface area contributed by atoms with Gasteiger partial charge in [-0.15, -0.1) is 0 Å². The van der Waals surface area contributed by atoms with Gasteiger partial charge in [0.2, 0.25) is 0 Å². The van der Waals surface area contributed by atoms with Gasteiger partial charge in [-0.2, -0.15) is 0 Å². The van der Waals surface area contributed by atoms with Crippen LogP contribution in [0.25, 0.3) is 6.08 Å². The highest BCUT2D eigenvalue weighted by Crippen LogP contribution is 2.11. The maximum atomic E-state index is 11.5. The molecular formula is C11H14N2O9. The highest BCUT2D eigenvalue weighted by molar-refractivity contribution is 5.87. The molecule has 1 aromatic carbocycles. The minimum absolute atomic E-state index is 0.0638. The van der Waals surface area contributed by atoms with Crippen LogP contribution in [0, 0.1) is 0 Å². The number of esters is 1. The van der Waals surface area contributed by atoms with Crippen molar-refractivity contribution in [1.82, 2.24) is 10.8 Å². The van der Waals surface area contributed by atoms with E-state index in [1.165, 1.54) is 30.3 Å². The average molecular weight is 318 g/mol. The lowest BCUT2D eigenvalue weighted by molar-refractivity contribution is -0.541. The predicted octanol–water partition coefficient (Wildman–Crippen LogP) is 0.299. The number of hydrogen-bond acceptors (Lipinski definition) is 11. The van der Waals surface area contributed by atoms with E-state index in [1.54, 1.807) is 0 Å². The summed E-state index contributed by atoms with van der Waals surface area (Å²) in [7, 11) is 0. The predicted molar refractivity (Wildman–Crippen MR) is 64.9 cm³/mol. The molecule has 0 spiro atoms. The maximum Gasteiger partial charge on any atom is 0.333 e. The van der Waals surface area contributed by atoms with Gasteiger partial charge in [0, 0.05) is 6.08 Å². The van der Waals surface area contributed by atoms with Crippen LogP contribution in [0.15, 0.2) is 30.3 Å². The summed E-state index contributed by atoms with van der Waals surface area (Å²) in [6.45, 7) is -0.747. The van der Waals surface area contributed by atoms with Crippen molar-refractivity contribution in [3.8, 4) is 5.75 Å². The molecule has 11 heteroatoms. The van der Waals surface area contributed by atoms with Gasteiger partial charge >= 0.3 is 5.97 Å². The van der Waals surface area contributed by atoms with Crippen molar-refractivity contribution in [2.45, 2.75) is 6.29 Å². The smallest absolute Gasteiger partial charge is 0.333 e. The number of phenolic OH excluding ortho intramolecular Hbond substituents is 1. The van der Waals surface area contributed by atoms with Crippen molar-refractivity contribution < 1.29 is 45.1 Å². The van der Waals surface area contributed by atoms with Gasteiger partial charge in [0.05, 0.1) is 10.8 Å². The quantitative estimate of drug-likeness (QED) is 0.195. The van der Waals surface area contributed by atoms with Crippen LogP contribution in [0.2, 0.25) is 0 Å². The summed E-state index contributed by atoms with van der Waals surface area (Å²) in [5.41, 5.74) is 0.589. The van der Waals surface area contributed by atoms with Gasteiger partial charge in [-0.25, -0.2) is 14.5 Å². The number of aromatic hydroxyl groups is 1. The number of carbonyl (C=O) groups is 1. The highest BCUT2D eigenvalue weighted by atomic mass is 17.1. The van der Waals surface area contributed by atoms with Crippen LogP contribution in [-0.4, -0.2) is 55.6 Å². The summed E-state index contributed by atoms with van der Waals surface area (Å²) in [5, 5.41) is 41.3. The Bertz CT molecular complexity index is 489. The Morgan fingerprint density at radius 3 is 2.32 bits per heavy atom. The minimum atomic E-state index is -1.67. The zero-order valence-electron chi connectivity index (χ0n) is 11.0. The van der Waals surface area contributed by atoms with Gasteiger partial charge in [-0.05, 0) is 23.8 Å². The second kappa shape index (κ2) is 9.04. The minimum Gasteiger partial charge on any atom is -0.508 e. The Kier molecular flexibility index (Phi) is 7.38. The van der Waals surface area contributed by atoms with E-state index >= 15 is 0 Å². The number of benzene rings is 1. The van der Waals surface area contributed by atoms with Crippen LogP contribution in [0.1, 0.15) is 5.56 Å². The average Bonchev–Trinajstić information content (AvgIpc) is 2.43. The van der Waals surface area contributed by atoms with Crippen molar-refractivity contribution >= 4 is 12.0 Å². The number of ether oxygens (including phenoxy) is 1. The monoisotopic (exact) mass is 318 g/mol. The second-order valence-corrected chi connectivity index (χ2v) is 3.70. The van der Waals surface area contributed by atoms with Crippen LogP contribution in [0.5, 0.6) is 5.75 Å². The zero-order valence-corrected chi connectivity index (χ0v) is 11.0. The Labute approximate surface area is 123 Å². The number of carbonyl (C=O) groups excluding carboxylic acids is 1. The normalized spacial score (nSPS) is 13.0. The molecular weight excluding hydrogens is 304 g/mol. The molecule has 0 amide bonds. The molecule has 0 fully saturated rings. The molecule has 1 rings (SSSR count). The Balaban J connectivity index is 2.55. The third-order valence-electron chi connectivity index (χ3n) is 2.09. The van der Waals surface area contributed by atoms with E-state index in [2.05, 4.69) is 14.4 Å². The molecule has 1 aromatic rings. The molecule has 0 aliphatic rings. The maximum absolute atomic E-state index is 11.5. The lowest BCUT2D eigenvalue weighted by Gasteiger charge is -2.18. The first kappa shape index (κ1) is 18.0. The van der Waals surface area contributed by atoms with Gasteiger partial charge in [0.1, 0.15) is 12.4 Å². The molecule has 0 aliphatic carbocycles. The highest BCUT2D eigenvalue weighted by Gasteiger charge is 2.18. The number of nitrogens with zero attached hydrogens (tertiary/aromatic N) is 2. The summed E-state index contributed by atoms with van der Waals surface area (Å²) in [6, 6.07) is 5.90. The lowest BCUT2D eigenvalue weighted by atomic mass is 10.2. The zero-order chi connectivity index (χ0) is 16.5. The number of rotatable bonds is 8. The summed E-state index contributed by atoms with van der Waals surface area (Å²) < 4.78 is 4.62. The van der Waals surface area contributed by atoms with Crippen molar-refractivity contribution in [2.24, 2.45) is 0 Å². The standard InChI is InChI=1S/C11H14N2O9/c14-9-4-1-8(2-5-9)3-6-10(15)21-11(22-13(18)19)7-20-12(16)17/h1-6,11,14,16-19H,7H2/b6-3+. The number of hydrogen-bond donors (Lipinski definition) is 5. The fraction of sp³-hybridized carbons (Fsp3) is 0.182. The molecule has 1 unspecified atom stereocenters. The Morgan fingerprint density at radius 2 is 1.77 bits per heavy atom. The van der Waals surface area contributed by atoms with E-state index in [0.29, 0.717) is 5.56 Å². The Hall–Kier alpha value is -2.09. The van der Waals surface area contributed by atoms with E-state index in [-0.39, 0.29) is 5.75 Å². The van der Waals surface area contributed by atoms with E-state index < -0.39 is 29.6 Å². The molecule has 11 nitrogen and oxygen atoms in total. The van der Waals surface area contributed by atoms with Gasteiger partial charge in [-0.1, -0.05) is 12.1 Å². The van der Waals surface area contributed by atoms with Crippen LogP contribution in [0.4, 0.5) is 0 Å². The third-order valence-corrected chi connectivity index (χ3v) is 2.09. The van der Waals surface area contributed by atoms with E-state index in [9.17, 15) is 4.79 Å². The molecule has 0 bridgehead atoms. The van der Waals surface area contributed by atoms with Crippen molar-refractivity contribution in [3.63, 3.8) is 0 Å². The van der Waals surface area contributed by atoms with Crippen LogP contribution < -0.4 is 0 Å². The first-order valence-electron chi connectivity index (χ1n) is 5.70. The Morgan fingerprint density at radius 1 is 1.14 bits per heavy atom. The molecule has 0 saturated heterocycles. The summed E-state index contributed by atoms with van der Waals surface area (Å²) in [6.07, 6.45) is 0.686. The lowest BCUT2D eigenvalue weighted by Crippen LogP contribution is -2.34. The summed E-state index contributed by atoms with van der Waals surface area (Å²) in [4.78, 5) is 19.8. The van der Waals surface area contributed by atoms with Crippen molar-refractivity contribution in [2.75, 3.05) is 6.61 Å². The molecule has 0 radical (unpaired) electrons.